The standard InChI is InChI=1S/C18H21ClN6O3/c1-23(11-14-4-3-9-24(14)17-5-2-8-20-22-17)12-18(26)21-16-7-6-13(25(27)28)10-15(16)19/h2,5-8,10,14H,3-4,9,11-12H2,1H3,(H,21,26). The number of halogens is 1. The van der Waals surface area contributed by atoms with Crippen molar-refractivity contribution in [2.24, 2.45) is 0 Å². The average molecular weight is 405 g/mol. The van der Waals surface area contributed by atoms with E-state index < -0.39 is 4.92 Å². The predicted molar refractivity (Wildman–Crippen MR) is 107 cm³/mol. The minimum absolute atomic E-state index is 0.120. The fourth-order valence-corrected chi connectivity index (χ4v) is 3.57. The Kier molecular flexibility index (Phi) is 6.37. The second-order valence-electron chi connectivity index (χ2n) is 6.74. The van der Waals surface area contributed by atoms with Crippen molar-refractivity contribution in [2.75, 3.05) is 36.9 Å². The SMILES string of the molecule is CN(CC(=O)Nc1ccc([N+](=O)[O-])cc1Cl)CC1CCCN1c1cccnn1. The van der Waals surface area contributed by atoms with Crippen molar-refractivity contribution in [3.63, 3.8) is 0 Å². The molecule has 1 aromatic carbocycles. The smallest absolute Gasteiger partial charge is 0.271 e. The molecule has 0 spiro atoms. The van der Waals surface area contributed by atoms with Gasteiger partial charge < -0.3 is 10.2 Å². The molecule has 3 rings (SSSR count). The third-order valence-corrected chi connectivity index (χ3v) is 4.92. The second kappa shape index (κ2) is 8.94. The van der Waals surface area contributed by atoms with Crippen LogP contribution in [0, 0.1) is 10.1 Å². The molecular formula is C18H21ClN6O3. The average Bonchev–Trinajstić information content (AvgIpc) is 3.11. The lowest BCUT2D eigenvalue weighted by Crippen LogP contribution is -2.42. The molecule has 2 aromatic rings. The van der Waals surface area contributed by atoms with E-state index in [9.17, 15) is 14.9 Å². The van der Waals surface area contributed by atoms with Crippen LogP contribution in [0.2, 0.25) is 5.02 Å². The number of nitrogens with one attached hydrogen (secondary N) is 1. The molecule has 0 radical (unpaired) electrons. The number of hydrogen-bond donors (Lipinski definition) is 1. The monoisotopic (exact) mass is 404 g/mol. The lowest BCUT2D eigenvalue weighted by atomic mass is 10.2. The molecule has 9 nitrogen and oxygen atoms in total. The first-order chi connectivity index (χ1) is 13.4. The summed E-state index contributed by atoms with van der Waals surface area (Å²) in [7, 11) is 1.88. The van der Waals surface area contributed by atoms with Crippen LogP contribution in [0.1, 0.15) is 12.8 Å². The summed E-state index contributed by atoms with van der Waals surface area (Å²) in [6.45, 7) is 1.80. The van der Waals surface area contributed by atoms with Crippen LogP contribution in [0.4, 0.5) is 17.2 Å². The zero-order valence-electron chi connectivity index (χ0n) is 15.4. The molecule has 1 amide bonds. The number of nitro benzene ring substituents is 1. The summed E-state index contributed by atoms with van der Waals surface area (Å²) >= 11 is 6.03. The summed E-state index contributed by atoms with van der Waals surface area (Å²) in [4.78, 5) is 26.7. The Labute approximate surface area is 167 Å². The molecule has 1 unspecified atom stereocenters. The lowest BCUT2D eigenvalue weighted by molar-refractivity contribution is -0.384. The van der Waals surface area contributed by atoms with Crippen LogP contribution in [-0.2, 0) is 4.79 Å². The molecule has 148 valence electrons. The van der Waals surface area contributed by atoms with Crippen LogP contribution < -0.4 is 10.2 Å². The van der Waals surface area contributed by atoms with E-state index >= 15 is 0 Å². The Morgan fingerprint density at radius 3 is 2.96 bits per heavy atom. The Hall–Kier alpha value is -2.78. The van der Waals surface area contributed by atoms with E-state index in [2.05, 4.69) is 20.4 Å². The van der Waals surface area contributed by atoms with Crippen LogP contribution in [0.25, 0.3) is 0 Å². The van der Waals surface area contributed by atoms with Gasteiger partial charge in [0.15, 0.2) is 5.82 Å². The van der Waals surface area contributed by atoms with Crippen molar-refractivity contribution < 1.29 is 9.72 Å². The third kappa shape index (κ3) is 4.93. The van der Waals surface area contributed by atoms with E-state index in [1.807, 2.05) is 24.1 Å². The predicted octanol–water partition coefficient (Wildman–Crippen LogP) is 2.58. The maximum absolute atomic E-state index is 12.3. The van der Waals surface area contributed by atoms with Crippen molar-refractivity contribution in [1.29, 1.82) is 0 Å². The van der Waals surface area contributed by atoms with Gasteiger partial charge in [0.05, 0.1) is 22.2 Å². The van der Waals surface area contributed by atoms with Crippen LogP contribution >= 0.6 is 11.6 Å². The highest BCUT2D eigenvalue weighted by molar-refractivity contribution is 6.34. The van der Waals surface area contributed by atoms with Gasteiger partial charge in [0.25, 0.3) is 5.69 Å². The van der Waals surface area contributed by atoms with E-state index in [0.29, 0.717) is 12.2 Å². The number of hydrogen-bond acceptors (Lipinski definition) is 7. The molecule has 2 heterocycles. The molecule has 0 bridgehead atoms. The van der Waals surface area contributed by atoms with Gasteiger partial charge in [-0.25, -0.2) is 0 Å². The number of likely N-dealkylation sites (N-methyl/N-ethyl adjacent to an activating group) is 1. The molecule has 0 saturated carbocycles. The van der Waals surface area contributed by atoms with Crippen LogP contribution in [0.15, 0.2) is 36.5 Å². The Bertz CT molecular complexity index is 850. The lowest BCUT2D eigenvalue weighted by Gasteiger charge is -2.28. The van der Waals surface area contributed by atoms with Gasteiger partial charge in [-0.15, -0.1) is 5.10 Å². The molecule has 1 aromatic heterocycles. The van der Waals surface area contributed by atoms with Crippen molar-refractivity contribution in [3.8, 4) is 0 Å². The largest absolute Gasteiger partial charge is 0.351 e. The van der Waals surface area contributed by atoms with E-state index in [-0.39, 0.29) is 29.2 Å². The Morgan fingerprint density at radius 1 is 1.46 bits per heavy atom. The van der Waals surface area contributed by atoms with Crippen molar-refractivity contribution in [2.45, 2.75) is 18.9 Å². The minimum atomic E-state index is -0.532. The maximum atomic E-state index is 12.3. The number of amides is 1. The molecule has 10 heteroatoms. The fraction of sp³-hybridized carbons (Fsp3) is 0.389. The normalized spacial score (nSPS) is 16.4. The van der Waals surface area contributed by atoms with Gasteiger partial charge >= 0.3 is 0 Å². The summed E-state index contributed by atoms with van der Waals surface area (Å²) in [6.07, 6.45) is 3.74. The summed E-state index contributed by atoms with van der Waals surface area (Å²) < 4.78 is 0. The number of non-ortho nitro benzene ring substituents is 1. The zero-order chi connectivity index (χ0) is 20.1. The summed E-state index contributed by atoms with van der Waals surface area (Å²) in [5.41, 5.74) is 0.234. The molecule has 1 atom stereocenters. The number of benzene rings is 1. The molecule has 1 fully saturated rings. The molecule has 28 heavy (non-hydrogen) atoms. The Morgan fingerprint density at radius 2 is 2.29 bits per heavy atom. The number of nitrogens with zero attached hydrogens (tertiary/aromatic N) is 5. The zero-order valence-corrected chi connectivity index (χ0v) is 16.2. The molecule has 1 aliphatic heterocycles. The first-order valence-electron chi connectivity index (χ1n) is 8.90. The van der Waals surface area contributed by atoms with Gasteiger partial charge in [0, 0.05) is 37.5 Å². The highest BCUT2D eigenvalue weighted by Crippen LogP contribution is 2.27. The van der Waals surface area contributed by atoms with Crippen molar-refractivity contribution >= 4 is 34.7 Å². The molecule has 0 aliphatic carbocycles. The van der Waals surface area contributed by atoms with Gasteiger partial charge in [0.1, 0.15) is 0 Å². The van der Waals surface area contributed by atoms with Crippen LogP contribution in [-0.4, -0.2) is 58.7 Å². The van der Waals surface area contributed by atoms with Gasteiger partial charge in [0.2, 0.25) is 5.91 Å². The molecule has 1 N–H and O–H groups in total. The van der Waals surface area contributed by atoms with E-state index in [0.717, 1.165) is 25.2 Å². The van der Waals surface area contributed by atoms with E-state index in [4.69, 9.17) is 11.6 Å². The quantitative estimate of drug-likeness (QED) is 0.558. The second-order valence-corrected chi connectivity index (χ2v) is 7.14. The van der Waals surface area contributed by atoms with Gasteiger partial charge in [-0.05, 0) is 38.1 Å². The van der Waals surface area contributed by atoms with E-state index in [1.54, 1.807) is 6.20 Å². The molecule has 1 saturated heterocycles. The highest BCUT2D eigenvalue weighted by atomic mass is 35.5. The number of anilines is 2. The summed E-state index contributed by atoms with van der Waals surface area (Å²) in [5.74, 6) is 0.614. The first-order valence-corrected chi connectivity index (χ1v) is 9.28. The minimum Gasteiger partial charge on any atom is -0.351 e. The summed E-state index contributed by atoms with van der Waals surface area (Å²) in [5, 5.41) is 21.7. The highest BCUT2D eigenvalue weighted by Gasteiger charge is 2.27. The molecule has 1 aliphatic rings. The number of carbonyl (C=O) groups is 1. The first kappa shape index (κ1) is 20.0. The van der Waals surface area contributed by atoms with Gasteiger partial charge in [-0.1, -0.05) is 11.6 Å². The van der Waals surface area contributed by atoms with Crippen molar-refractivity contribution in [3.05, 3.63) is 51.7 Å². The van der Waals surface area contributed by atoms with Gasteiger partial charge in [-0.2, -0.15) is 5.10 Å². The number of nitro groups is 1. The van der Waals surface area contributed by atoms with Crippen molar-refractivity contribution in [1.82, 2.24) is 15.1 Å². The molecular weight excluding hydrogens is 384 g/mol. The third-order valence-electron chi connectivity index (χ3n) is 4.60. The summed E-state index contributed by atoms with van der Waals surface area (Å²) in [6, 6.07) is 8.03. The van der Waals surface area contributed by atoms with Crippen LogP contribution in [0.3, 0.4) is 0 Å². The number of aromatic nitrogens is 2. The number of carbonyl (C=O) groups excluding carboxylic acids is 1. The fourth-order valence-electron chi connectivity index (χ4n) is 3.35. The van der Waals surface area contributed by atoms with Crippen LogP contribution in [0.5, 0.6) is 0 Å². The van der Waals surface area contributed by atoms with Gasteiger partial charge in [-0.3, -0.25) is 19.8 Å². The number of rotatable bonds is 7. The van der Waals surface area contributed by atoms with E-state index in [1.165, 1.54) is 18.2 Å². The Balaban J connectivity index is 1.55. The topological polar surface area (TPSA) is 104 Å². The maximum Gasteiger partial charge on any atom is 0.271 e.